The summed E-state index contributed by atoms with van der Waals surface area (Å²) in [6, 6.07) is 10.4. The number of phenols is 1. The van der Waals surface area contributed by atoms with Crippen LogP contribution in [0.1, 0.15) is 15.9 Å². The van der Waals surface area contributed by atoms with E-state index < -0.39 is 4.92 Å². The second kappa shape index (κ2) is 5.83. The zero-order chi connectivity index (χ0) is 14.7. The number of nitro groups is 1. The van der Waals surface area contributed by atoms with E-state index in [1.165, 1.54) is 36.4 Å². The molecule has 0 saturated carbocycles. The fraction of sp³-hybridized carbons (Fsp3) is 0.0714. The van der Waals surface area contributed by atoms with Gasteiger partial charge in [0.25, 0.3) is 5.69 Å². The highest BCUT2D eigenvalue weighted by Crippen LogP contribution is 2.24. The van der Waals surface area contributed by atoms with Gasteiger partial charge in [0.05, 0.1) is 10.5 Å². The predicted octanol–water partition coefficient (Wildman–Crippen LogP) is 3.49. The molecule has 102 valence electrons. The minimum Gasteiger partial charge on any atom is -0.507 e. The first-order valence-electron chi connectivity index (χ1n) is 5.72. The summed E-state index contributed by atoms with van der Waals surface area (Å²) >= 11 is 3.20. The number of nitrogens with zero attached hydrogens (tertiary/aromatic N) is 1. The largest absolute Gasteiger partial charge is 0.507 e. The number of nitro benzene ring substituents is 1. The summed E-state index contributed by atoms with van der Waals surface area (Å²) in [6.45, 7) is 0. The highest BCUT2D eigenvalue weighted by atomic mass is 79.9. The van der Waals surface area contributed by atoms with Crippen LogP contribution in [0, 0.1) is 10.1 Å². The molecule has 6 heteroatoms. The molecule has 0 aromatic heterocycles. The zero-order valence-electron chi connectivity index (χ0n) is 10.2. The number of carbonyl (C=O) groups is 1. The van der Waals surface area contributed by atoms with E-state index in [0.717, 1.165) is 0 Å². The first kappa shape index (κ1) is 14.2. The van der Waals surface area contributed by atoms with Crippen molar-refractivity contribution in [3.63, 3.8) is 0 Å². The molecule has 0 fully saturated rings. The molecule has 0 spiro atoms. The number of hydrogen-bond donors (Lipinski definition) is 1. The third-order valence-electron chi connectivity index (χ3n) is 2.77. The summed E-state index contributed by atoms with van der Waals surface area (Å²) in [4.78, 5) is 22.1. The smallest absolute Gasteiger partial charge is 0.269 e. The molecule has 0 amide bonds. The lowest BCUT2D eigenvalue weighted by Gasteiger charge is -2.04. The van der Waals surface area contributed by atoms with Gasteiger partial charge in [-0.1, -0.05) is 28.1 Å². The van der Waals surface area contributed by atoms with Crippen LogP contribution >= 0.6 is 15.9 Å². The summed E-state index contributed by atoms with van der Waals surface area (Å²) in [5, 5.41) is 20.3. The van der Waals surface area contributed by atoms with Gasteiger partial charge in [0.15, 0.2) is 5.78 Å². The number of halogens is 1. The Kier molecular flexibility index (Phi) is 4.14. The number of aromatic hydroxyl groups is 1. The Bertz CT molecular complexity index is 667. The molecule has 0 aliphatic heterocycles. The fourth-order valence-electron chi connectivity index (χ4n) is 1.76. The summed E-state index contributed by atoms with van der Waals surface area (Å²) in [6.07, 6.45) is 0.0766. The van der Waals surface area contributed by atoms with E-state index >= 15 is 0 Å². The number of carbonyl (C=O) groups excluding carboxylic acids is 1. The number of Topliss-reactive ketones (excluding diaryl/α,β-unsaturated/α-hetero) is 1. The van der Waals surface area contributed by atoms with Gasteiger partial charge in [0, 0.05) is 23.0 Å². The standard InChI is InChI=1S/C14H10BrNO4/c15-10-3-6-12(14(18)8-10)13(17)7-9-1-4-11(5-2-9)16(19)20/h1-6,8,18H,7H2. The average Bonchev–Trinajstić information content (AvgIpc) is 2.39. The molecule has 1 N–H and O–H groups in total. The quantitative estimate of drug-likeness (QED) is 0.526. The van der Waals surface area contributed by atoms with Crippen molar-refractivity contribution in [2.24, 2.45) is 0 Å². The molecule has 2 aromatic carbocycles. The molecule has 0 aliphatic rings. The average molecular weight is 336 g/mol. The Labute approximate surface area is 123 Å². The molecule has 0 aliphatic carbocycles. The van der Waals surface area contributed by atoms with Crippen LogP contribution in [-0.4, -0.2) is 15.8 Å². The summed E-state index contributed by atoms with van der Waals surface area (Å²) in [7, 11) is 0. The lowest BCUT2D eigenvalue weighted by molar-refractivity contribution is -0.384. The highest BCUT2D eigenvalue weighted by molar-refractivity contribution is 9.10. The van der Waals surface area contributed by atoms with E-state index in [9.17, 15) is 20.0 Å². The summed E-state index contributed by atoms with van der Waals surface area (Å²) < 4.78 is 0.682. The van der Waals surface area contributed by atoms with Gasteiger partial charge in [-0.15, -0.1) is 0 Å². The summed E-state index contributed by atoms with van der Waals surface area (Å²) in [5.74, 6) is -0.338. The maximum absolute atomic E-state index is 12.1. The monoisotopic (exact) mass is 335 g/mol. The number of hydrogen-bond acceptors (Lipinski definition) is 4. The zero-order valence-corrected chi connectivity index (χ0v) is 11.8. The van der Waals surface area contributed by atoms with E-state index in [1.807, 2.05) is 0 Å². The lowest BCUT2D eigenvalue weighted by atomic mass is 10.0. The number of ketones is 1. The third kappa shape index (κ3) is 3.21. The second-order valence-corrected chi connectivity index (χ2v) is 5.10. The minimum absolute atomic E-state index is 0.0207. The van der Waals surface area contributed by atoms with Crippen LogP contribution in [-0.2, 0) is 6.42 Å². The van der Waals surface area contributed by atoms with E-state index in [4.69, 9.17) is 0 Å². The van der Waals surface area contributed by atoms with Gasteiger partial charge in [-0.2, -0.15) is 0 Å². The number of non-ortho nitro benzene ring substituents is 1. The Morgan fingerprint density at radius 2 is 1.85 bits per heavy atom. The fourth-order valence-corrected chi connectivity index (χ4v) is 2.11. The molecule has 0 heterocycles. The van der Waals surface area contributed by atoms with Crippen molar-refractivity contribution in [1.29, 1.82) is 0 Å². The van der Waals surface area contributed by atoms with E-state index in [2.05, 4.69) is 15.9 Å². The first-order chi connectivity index (χ1) is 9.47. The minimum atomic E-state index is -0.494. The Morgan fingerprint density at radius 1 is 1.20 bits per heavy atom. The van der Waals surface area contributed by atoms with Crippen LogP contribution < -0.4 is 0 Å². The van der Waals surface area contributed by atoms with Crippen LogP contribution in [0.25, 0.3) is 0 Å². The van der Waals surface area contributed by atoms with Crippen LogP contribution in [0.4, 0.5) is 5.69 Å². The molecule has 0 radical (unpaired) electrons. The predicted molar refractivity (Wildman–Crippen MR) is 76.9 cm³/mol. The van der Waals surface area contributed by atoms with Crippen LogP contribution in [0.15, 0.2) is 46.9 Å². The highest BCUT2D eigenvalue weighted by Gasteiger charge is 2.13. The molecule has 0 unspecified atom stereocenters. The molecule has 0 saturated heterocycles. The Balaban J connectivity index is 2.17. The van der Waals surface area contributed by atoms with Gasteiger partial charge in [-0.3, -0.25) is 14.9 Å². The van der Waals surface area contributed by atoms with E-state index in [-0.39, 0.29) is 29.2 Å². The van der Waals surface area contributed by atoms with E-state index in [0.29, 0.717) is 10.0 Å². The number of rotatable bonds is 4. The molecular weight excluding hydrogens is 326 g/mol. The third-order valence-corrected chi connectivity index (χ3v) is 3.27. The molecule has 0 atom stereocenters. The number of phenolic OH excluding ortho intramolecular Hbond substituents is 1. The van der Waals surface area contributed by atoms with Crippen LogP contribution in [0.5, 0.6) is 5.75 Å². The Morgan fingerprint density at radius 3 is 2.40 bits per heavy atom. The van der Waals surface area contributed by atoms with Crippen LogP contribution in [0.3, 0.4) is 0 Å². The van der Waals surface area contributed by atoms with Crippen molar-refractivity contribution in [3.8, 4) is 5.75 Å². The maximum Gasteiger partial charge on any atom is 0.269 e. The van der Waals surface area contributed by atoms with Crippen molar-refractivity contribution >= 4 is 27.4 Å². The van der Waals surface area contributed by atoms with Crippen molar-refractivity contribution in [3.05, 3.63) is 68.2 Å². The van der Waals surface area contributed by atoms with Crippen molar-refractivity contribution in [1.82, 2.24) is 0 Å². The molecule has 5 nitrogen and oxygen atoms in total. The van der Waals surface area contributed by atoms with Gasteiger partial charge in [0.2, 0.25) is 0 Å². The lowest BCUT2D eigenvalue weighted by Crippen LogP contribution is -2.04. The summed E-state index contributed by atoms with van der Waals surface area (Å²) in [5.41, 5.74) is 0.863. The Hall–Kier alpha value is -2.21. The van der Waals surface area contributed by atoms with Gasteiger partial charge in [0.1, 0.15) is 5.75 Å². The van der Waals surface area contributed by atoms with E-state index in [1.54, 1.807) is 6.07 Å². The molecule has 2 aromatic rings. The first-order valence-corrected chi connectivity index (χ1v) is 6.51. The number of benzene rings is 2. The second-order valence-electron chi connectivity index (χ2n) is 4.18. The van der Waals surface area contributed by atoms with Gasteiger partial charge in [-0.25, -0.2) is 0 Å². The van der Waals surface area contributed by atoms with Crippen molar-refractivity contribution in [2.45, 2.75) is 6.42 Å². The van der Waals surface area contributed by atoms with Crippen molar-refractivity contribution in [2.75, 3.05) is 0 Å². The van der Waals surface area contributed by atoms with Crippen molar-refractivity contribution < 1.29 is 14.8 Å². The topological polar surface area (TPSA) is 80.4 Å². The van der Waals surface area contributed by atoms with Gasteiger partial charge in [-0.05, 0) is 23.8 Å². The molecule has 2 rings (SSSR count). The van der Waals surface area contributed by atoms with Crippen LogP contribution in [0.2, 0.25) is 0 Å². The SMILES string of the molecule is O=C(Cc1ccc([N+](=O)[O-])cc1)c1ccc(Br)cc1O. The molecule has 0 bridgehead atoms. The molecule has 20 heavy (non-hydrogen) atoms. The molecular formula is C14H10BrNO4. The normalized spacial score (nSPS) is 10.2. The van der Waals surface area contributed by atoms with Gasteiger partial charge < -0.3 is 5.11 Å². The van der Waals surface area contributed by atoms with Gasteiger partial charge >= 0.3 is 0 Å². The maximum atomic E-state index is 12.1.